The molecule has 0 atom stereocenters. The quantitative estimate of drug-likeness (QED) is 0.330. The van der Waals surface area contributed by atoms with Crippen LogP contribution >= 0.6 is 11.3 Å². The first-order valence-corrected chi connectivity index (χ1v) is 11.4. The molecule has 0 spiro atoms. The van der Waals surface area contributed by atoms with Crippen LogP contribution in [0.5, 0.6) is 17.2 Å². The van der Waals surface area contributed by atoms with Crippen molar-refractivity contribution in [2.24, 2.45) is 0 Å². The normalized spacial score (nSPS) is 11.1. The van der Waals surface area contributed by atoms with E-state index < -0.39 is 0 Å². The molecule has 34 heavy (non-hydrogen) atoms. The number of pyridine rings is 1. The molecular weight excluding hydrogens is 450 g/mol. The third-order valence-corrected chi connectivity index (χ3v) is 6.37. The molecule has 0 aliphatic heterocycles. The second-order valence-corrected chi connectivity index (χ2v) is 8.57. The van der Waals surface area contributed by atoms with Gasteiger partial charge in [-0.05, 0) is 54.8 Å². The molecule has 172 valence electrons. The molecule has 0 saturated carbocycles. The molecule has 5 aromatic rings. The van der Waals surface area contributed by atoms with Crippen molar-refractivity contribution in [3.05, 3.63) is 53.5 Å². The largest absolute Gasteiger partial charge is 0.493 e. The molecule has 5 rings (SSSR count). The predicted molar refractivity (Wildman–Crippen MR) is 137 cm³/mol. The number of aryl methyl sites for hydroxylation is 1. The van der Waals surface area contributed by atoms with Gasteiger partial charge in [0.1, 0.15) is 0 Å². The number of fused-ring (bicyclic) bond motifs is 2. The molecule has 2 aromatic carbocycles. The Balaban J connectivity index is 1.62. The van der Waals surface area contributed by atoms with Crippen molar-refractivity contribution in [1.29, 1.82) is 0 Å². The average molecular weight is 474 g/mol. The monoisotopic (exact) mass is 473 g/mol. The van der Waals surface area contributed by atoms with Gasteiger partial charge in [0.05, 0.1) is 37.1 Å². The lowest BCUT2D eigenvalue weighted by Gasteiger charge is -2.14. The molecule has 0 aliphatic rings. The van der Waals surface area contributed by atoms with Gasteiger partial charge in [0.25, 0.3) is 0 Å². The highest BCUT2D eigenvalue weighted by molar-refractivity contribution is 7.17. The van der Waals surface area contributed by atoms with Crippen LogP contribution in [0.25, 0.3) is 32.5 Å². The Kier molecular flexibility index (Phi) is 5.54. The zero-order valence-corrected chi connectivity index (χ0v) is 20.0. The summed E-state index contributed by atoms with van der Waals surface area (Å²) in [6.07, 6.45) is 0. The smallest absolute Gasteiger partial charge is 0.203 e. The zero-order chi connectivity index (χ0) is 23.8. The molecule has 0 amide bonds. The molecule has 0 fully saturated rings. The second-order valence-electron chi connectivity index (χ2n) is 7.65. The van der Waals surface area contributed by atoms with Gasteiger partial charge >= 0.3 is 0 Å². The maximum absolute atomic E-state index is 6.25. The van der Waals surface area contributed by atoms with Crippen molar-refractivity contribution >= 4 is 49.6 Å². The second kappa shape index (κ2) is 8.68. The Labute approximate surface area is 200 Å². The number of hydrogen-bond donors (Lipinski definition) is 2. The van der Waals surface area contributed by atoms with Crippen molar-refractivity contribution in [1.82, 2.24) is 15.0 Å². The van der Waals surface area contributed by atoms with E-state index in [0.29, 0.717) is 34.6 Å². The Bertz CT molecular complexity index is 1510. The van der Waals surface area contributed by atoms with Crippen molar-refractivity contribution in [2.45, 2.75) is 6.92 Å². The molecule has 3 N–H and O–H groups in total. The van der Waals surface area contributed by atoms with Gasteiger partial charge in [-0.3, -0.25) is 4.98 Å². The summed E-state index contributed by atoms with van der Waals surface area (Å²) in [7, 11) is 4.74. The molecular formula is C25H23N5O3S. The van der Waals surface area contributed by atoms with Gasteiger partial charge in [-0.15, -0.1) is 11.3 Å². The van der Waals surface area contributed by atoms with Crippen LogP contribution in [-0.2, 0) is 0 Å². The number of anilines is 3. The molecule has 0 saturated heterocycles. The highest BCUT2D eigenvalue weighted by Crippen LogP contribution is 2.41. The highest BCUT2D eigenvalue weighted by Gasteiger charge is 2.18. The number of benzene rings is 2. The molecule has 0 aliphatic carbocycles. The minimum Gasteiger partial charge on any atom is -0.493 e. The van der Waals surface area contributed by atoms with E-state index in [0.717, 1.165) is 38.1 Å². The van der Waals surface area contributed by atoms with Gasteiger partial charge in [0, 0.05) is 28.0 Å². The standard InChI is InChI=1S/C25H23N5O3S/c1-13-9-17(26)16-12-15(5-6-18(16)27-13)28-25-23-19(7-8-34-23)29-24(30-25)14-10-20(31-2)22(33-4)21(11-14)32-3/h5-12H,1-4H3,(H2,26,27)(H,28,29,30). The third-order valence-electron chi connectivity index (χ3n) is 5.46. The third kappa shape index (κ3) is 3.80. The molecule has 0 unspecified atom stereocenters. The Morgan fingerprint density at radius 2 is 1.62 bits per heavy atom. The van der Waals surface area contributed by atoms with Gasteiger partial charge in [0.15, 0.2) is 23.1 Å². The number of methoxy groups -OCH3 is 3. The summed E-state index contributed by atoms with van der Waals surface area (Å²) in [5.41, 5.74) is 11.1. The Morgan fingerprint density at radius 1 is 0.853 bits per heavy atom. The number of thiophene rings is 1. The Hall–Kier alpha value is -4.11. The Morgan fingerprint density at radius 3 is 2.32 bits per heavy atom. The summed E-state index contributed by atoms with van der Waals surface area (Å²) in [6.45, 7) is 1.93. The van der Waals surface area contributed by atoms with E-state index in [1.165, 1.54) is 0 Å². The molecule has 0 radical (unpaired) electrons. The number of rotatable bonds is 6. The molecule has 9 heteroatoms. The number of nitrogen functional groups attached to an aromatic ring is 1. The first-order chi connectivity index (χ1) is 16.5. The van der Waals surface area contributed by atoms with Crippen LogP contribution in [0.4, 0.5) is 17.2 Å². The lowest BCUT2D eigenvalue weighted by Crippen LogP contribution is -2.00. The van der Waals surface area contributed by atoms with Gasteiger partial charge in [0.2, 0.25) is 5.75 Å². The van der Waals surface area contributed by atoms with Crippen LogP contribution in [0.1, 0.15) is 5.69 Å². The zero-order valence-electron chi connectivity index (χ0n) is 19.2. The number of aromatic nitrogens is 3. The van der Waals surface area contributed by atoms with E-state index in [2.05, 4.69) is 10.3 Å². The van der Waals surface area contributed by atoms with E-state index in [4.69, 9.17) is 29.9 Å². The molecule has 8 nitrogen and oxygen atoms in total. The van der Waals surface area contributed by atoms with Crippen molar-refractivity contribution in [3.8, 4) is 28.6 Å². The van der Waals surface area contributed by atoms with E-state index >= 15 is 0 Å². The van der Waals surface area contributed by atoms with Crippen LogP contribution < -0.4 is 25.3 Å². The van der Waals surface area contributed by atoms with E-state index in [1.807, 2.05) is 54.8 Å². The minimum atomic E-state index is 0.515. The fourth-order valence-electron chi connectivity index (χ4n) is 3.89. The molecule has 3 aromatic heterocycles. The van der Waals surface area contributed by atoms with Gasteiger partial charge in [-0.2, -0.15) is 0 Å². The van der Waals surface area contributed by atoms with Crippen LogP contribution in [0.3, 0.4) is 0 Å². The number of nitrogens with two attached hydrogens (primary N) is 1. The summed E-state index contributed by atoms with van der Waals surface area (Å²) in [6, 6.07) is 13.4. The molecule has 0 bridgehead atoms. The maximum atomic E-state index is 6.25. The van der Waals surface area contributed by atoms with Crippen LogP contribution in [0.15, 0.2) is 47.8 Å². The topological polar surface area (TPSA) is 104 Å². The van der Waals surface area contributed by atoms with E-state index in [-0.39, 0.29) is 0 Å². The summed E-state index contributed by atoms with van der Waals surface area (Å²) >= 11 is 1.57. The first-order valence-electron chi connectivity index (χ1n) is 10.5. The van der Waals surface area contributed by atoms with Crippen LogP contribution in [0.2, 0.25) is 0 Å². The first kappa shape index (κ1) is 21.7. The summed E-state index contributed by atoms with van der Waals surface area (Å²) < 4.78 is 17.4. The summed E-state index contributed by atoms with van der Waals surface area (Å²) in [5.74, 6) is 2.81. The van der Waals surface area contributed by atoms with E-state index in [9.17, 15) is 0 Å². The fourth-order valence-corrected chi connectivity index (χ4v) is 4.67. The number of ether oxygens (including phenoxy) is 3. The number of nitrogens with one attached hydrogen (secondary N) is 1. The SMILES string of the molecule is COc1cc(-c2nc(Nc3ccc4nc(C)cc(N)c4c3)c3sccc3n2)cc(OC)c1OC. The number of hydrogen-bond acceptors (Lipinski definition) is 9. The average Bonchev–Trinajstić information content (AvgIpc) is 3.32. The van der Waals surface area contributed by atoms with Crippen LogP contribution in [-0.4, -0.2) is 36.3 Å². The molecule has 3 heterocycles. The summed E-state index contributed by atoms with van der Waals surface area (Å²) in [4.78, 5) is 14.2. The van der Waals surface area contributed by atoms with Crippen molar-refractivity contribution in [2.75, 3.05) is 32.4 Å². The lowest BCUT2D eigenvalue weighted by atomic mass is 10.1. The number of nitrogens with zero attached hydrogens (tertiary/aromatic N) is 3. The maximum Gasteiger partial charge on any atom is 0.203 e. The van der Waals surface area contributed by atoms with Gasteiger partial charge in [-0.25, -0.2) is 9.97 Å². The lowest BCUT2D eigenvalue weighted by molar-refractivity contribution is 0.324. The van der Waals surface area contributed by atoms with E-state index in [1.54, 1.807) is 32.7 Å². The van der Waals surface area contributed by atoms with Crippen molar-refractivity contribution in [3.63, 3.8) is 0 Å². The van der Waals surface area contributed by atoms with Crippen LogP contribution in [0, 0.1) is 6.92 Å². The highest BCUT2D eigenvalue weighted by atomic mass is 32.1. The van der Waals surface area contributed by atoms with Gasteiger partial charge in [-0.1, -0.05) is 0 Å². The predicted octanol–water partition coefficient (Wildman–Crippen LogP) is 5.57. The van der Waals surface area contributed by atoms with Gasteiger partial charge < -0.3 is 25.3 Å². The minimum absolute atomic E-state index is 0.515. The van der Waals surface area contributed by atoms with Crippen molar-refractivity contribution < 1.29 is 14.2 Å². The fraction of sp³-hybridized carbons (Fsp3) is 0.160. The summed E-state index contributed by atoms with van der Waals surface area (Å²) in [5, 5.41) is 6.33.